The summed E-state index contributed by atoms with van der Waals surface area (Å²) in [7, 11) is 0. The number of hydrogen-bond donors (Lipinski definition) is 12. The van der Waals surface area contributed by atoms with E-state index < -0.39 is 109 Å². The second-order valence-corrected chi connectivity index (χ2v) is 14.3. The van der Waals surface area contributed by atoms with Gasteiger partial charge >= 0.3 is 5.97 Å². The molecule has 0 unspecified atom stereocenters. The molecule has 0 spiro atoms. The van der Waals surface area contributed by atoms with Crippen LogP contribution in [0, 0.1) is 5.92 Å². The quantitative estimate of drug-likeness (QED) is 0.0393. The Balaban J connectivity index is 2.25. The molecule has 1 aromatic heterocycles. The first kappa shape index (κ1) is 48.0. The first-order valence-corrected chi connectivity index (χ1v) is 19.1. The number of nitrogens with one attached hydrogen (secondary N) is 6. The molecule has 0 radical (unpaired) electrons. The van der Waals surface area contributed by atoms with Gasteiger partial charge in [-0.1, -0.05) is 20.3 Å². The minimum Gasteiger partial charge on any atom is -0.480 e. The zero-order valence-corrected chi connectivity index (χ0v) is 32.5. The van der Waals surface area contributed by atoms with Crippen LogP contribution in [0.1, 0.15) is 77.3 Å². The van der Waals surface area contributed by atoms with Crippen molar-refractivity contribution in [1.82, 2.24) is 41.5 Å². The van der Waals surface area contributed by atoms with E-state index in [1.165, 1.54) is 12.5 Å². The Hall–Kier alpha value is -5.19. The summed E-state index contributed by atoms with van der Waals surface area (Å²) in [6.45, 7) is 3.31. The topological polar surface area (TPSA) is 373 Å². The summed E-state index contributed by atoms with van der Waals surface area (Å²) in [4.78, 5) is 112. The van der Waals surface area contributed by atoms with Gasteiger partial charge in [0.25, 0.3) is 0 Å². The SMILES string of the molecule is CC(C)[C@H](NC(=O)[C@H](Cc1cnc[nH]1)NC(=O)[C@H](CC(N)=O)NC(=O)[C@@H]1CCCN1C(=O)[C@H](CO)NC(=O)[C@@H](N)CCCCN)C(=O)N[C@@H](CCCCN)C(=O)O. The summed E-state index contributed by atoms with van der Waals surface area (Å²) >= 11 is 0. The van der Waals surface area contributed by atoms with Crippen molar-refractivity contribution in [3.8, 4) is 0 Å². The zero-order valence-electron chi connectivity index (χ0n) is 32.5. The van der Waals surface area contributed by atoms with Gasteiger partial charge in [-0.2, -0.15) is 0 Å². The average molecular weight is 809 g/mol. The van der Waals surface area contributed by atoms with E-state index in [0.29, 0.717) is 57.3 Å². The Kier molecular flexibility index (Phi) is 20.6. The van der Waals surface area contributed by atoms with Gasteiger partial charge in [-0.3, -0.25) is 33.6 Å². The Bertz CT molecular complexity index is 1510. The van der Waals surface area contributed by atoms with E-state index in [-0.39, 0.29) is 25.8 Å². The summed E-state index contributed by atoms with van der Waals surface area (Å²) in [5, 5.41) is 32.0. The van der Waals surface area contributed by atoms with Crippen LogP contribution in [0.2, 0.25) is 0 Å². The molecule has 2 rings (SSSR count). The smallest absolute Gasteiger partial charge is 0.326 e. The maximum Gasteiger partial charge on any atom is 0.326 e. The minimum atomic E-state index is -1.63. The monoisotopic (exact) mass is 808 g/mol. The molecular weight excluding hydrogens is 748 g/mol. The number of aromatic nitrogens is 2. The van der Waals surface area contributed by atoms with Crippen LogP contribution in [-0.4, -0.2) is 141 Å². The number of likely N-dealkylation sites (tertiary alicyclic amines) is 1. The molecule has 1 fully saturated rings. The summed E-state index contributed by atoms with van der Waals surface area (Å²) in [5.41, 5.74) is 22.7. The molecule has 0 aliphatic carbocycles. The van der Waals surface area contributed by atoms with Gasteiger partial charge in [0.15, 0.2) is 0 Å². The Labute approximate surface area is 330 Å². The number of aliphatic hydroxyl groups excluding tert-OH is 1. The fraction of sp³-hybridized carbons (Fsp3) is 0.686. The Morgan fingerprint density at radius 3 is 2.02 bits per heavy atom. The fourth-order valence-corrected chi connectivity index (χ4v) is 6.18. The standard InChI is InChI=1S/C35H60N12O10/c1-19(2)28(33(54)42-22(35(56)57)9-4-6-12-37)46-31(52)23(14-20-16-40-18-41-20)43-30(51)24(15-27(39)49)44-32(53)26-10-7-13-47(26)34(55)25(17-48)45-29(50)21(38)8-3-5-11-36/h16,18-19,21-26,28,48H,3-15,17,36-38H2,1-2H3,(H2,39,49)(H,40,41)(H,42,54)(H,43,51)(H,44,53)(H,45,50)(H,46,52)(H,56,57)/t21-,22-,23-,24-,25-,26-,28-/m0/s1. The second-order valence-electron chi connectivity index (χ2n) is 14.3. The Morgan fingerprint density at radius 2 is 1.46 bits per heavy atom. The summed E-state index contributed by atoms with van der Waals surface area (Å²) in [5.74, 6) is -7.68. The zero-order chi connectivity index (χ0) is 42.7. The number of aliphatic hydroxyl groups is 1. The molecule has 1 aliphatic heterocycles. The number of aromatic amines is 1. The van der Waals surface area contributed by atoms with Crippen molar-refractivity contribution in [2.45, 2.75) is 120 Å². The van der Waals surface area contributed by atoms with Gasteiger partial charge in [0.2, 0.25) is 41.4 Å². The fourth-order valence-electron chi connectivity index (χ4n) is 6.18. The minimum absolute atomic E-state index is 0.0798. The van der Waals surface area contributed by atoms with Gasteiger partial charge in [-0.15, -0.1) is 0 Å². The summed E-state index contributed by atoms with van der Waals surface area (Å²) in [6.07, 6.45) is 4.96. The molecule has 7 amide bonds. The number of rotatable bonds is 26. The van der Waals surface area contributed by atoms with Crippen molar-refractivity contribution in [2.75, 3.05) is 26.2 Å². The molecule has 16 N–H and O–H groups in total. The van der Waals surface area contributed by atoms with Crippen molar-refractivity contribution in [3.63, 3.8) is 0 Å². The number of carboxylic acid groups (broad SMARTS) is 1. The molecule has 1 aromatic rings. The number of primary amides is 1. The third-order valence-electron chi connectivity index (χ3n) is 9.40. The molecule has 320 valence electrons. The first-order valence-electron chi connectivity index (χ1n) is 19.1. The number of H-pyrrole nitrogens is 1. The van der Waals surface area contributed by atoms with E-state index in [9.17, 15) is 48.6 Å². The van der Waals surface area contributed by atoms with Crippen LogP contribution >= 0.6 is 0 Å². The maximum atomic E-state index is 13.8. The van der Waals surface area contributed by atoms with Crippen LogP contribution in [0.3, 0.4) is 0 Å². The number of amides is 7. The number of unbranched alkanes of at least 4 members (excludes halogenated alkanes) is 2. The maximum absolute atomic E-state index is 13.8. The van der Waals surface area contributed by atoms with Crippen LogP contribution in [0.25, 0.3) is 0 Å². The Morgan fingerprint density at radius 1 is 0.842 bits per heavy atom. The molecule has 2 heterocycles. The number of hydrogen-bond acceptors (Lipinski definition) is 13. The number of nitrogens with two attached hydrogens (primary N) is 4. The van der Waals surface area contributed by atoms with Gasteiger partial charge in [-0.25, -0.2) is 9.78 Å². The van der Waals surface area contributed by atoms with Crippen molar-refractivity contribution in [2.24, 2.45) is 28.9 Å². The molecule has 7 atom stereocenters. The number of imidazole rings is 1. The van der Waals surface area contributed by atoms with Crippen LogP contribution in [-0.2, 0) is 44.8 Å². The molecule has 1 saturated heterocycles. The second kappa shape index (κ2) is 24.4. The van der Waals surface area contributed by atoms with E-state index in [4.69, 9.17) is 22.9 Å². The number of carbonyl (C=O) groups excluding carboxylic acids is 7. The van der Waals surface area contributed by atoms with E-state index in [0.717, 1.165) is 4.90 Å². The highest BCUT2D eigenvalue weighted by molar-refractivity contribution is 5.98. The van der Waals surface area contributed by atoms with E-state index in [2.05, 4.69) is 36.6 Å². The average Bonchev–Trinajstić information content (AvgIpc) is 3.87. The van der Waals surface area contributed by atoms with Crippen LogP contribution in [0.5, 0.6) is 0 Å². The summed E-state index contributed by atoms with van der Waals surface area (Å²) < 4.78 is 0. The lowest BCUT2D eigenvalue weighted by Crippen LogP contribution is -2.61. The van der Waals surface area contributed by atoms with Crippen molar-refractivity contribution in [3.05, 3.63) is 18.2 Å². The molecular formula is C35H60N12O10. The third-order valence-corrected chi connectivity index (χ3v) is 9.40. The lowest BCUT2D eigenvalue weighted by atomic mass is 10.0. The van der Waals surface area contributed by atoms with Gasteiger partial charge in [0.05, 0.1) is 25.4 Å². The molecule has 57 heavy (non-hydrogen) atoms. The number of carbonyl (C=O) groups is 8. The number of carboxylic acids is 1. The van der Waals surface area contributed by atoms with Gasteiger partial charge in [0.1, 0.15) is 36.3 Å². The predicted octanol–water partition coefficient (Wildman–Crippen LogP) is -4.44. The number of aliphatic carboxylic acids is 1. The van der Waals surface area contributed by atoms with Crippen LogP contribution in [0.15, 0.2) is 12.5 Å². The van der Waals surface area contributed by atoms with Crippen molar-refractivity contribution >= 4 is 47.3 Å². The first-order chi connectivity index (χ1) is 27.0. The highest BCUT2D eigenvalue weighted by atomic mass is 16.4. The number of nitrogens with zero attached hydrogens (tertiary/aromatic N) is 2. The van der Waals surface area contributed by atoms with Crippen molar-refractivity contribution in [1.29, 1.82) is 0 Å². The normalized spacial score (nSPS) is 17.0. The molecule has 1 aliphatic rings. The third kappa shape index (κ3) is 15.7. The van der Waals surface area contributed by atoms with Gasteiger partial charge in [0, 0.05) is 24.9 Å². The highest BCUT2D eigenvalue weighted by Crippen LogP contribution is 2.19. The highest BCUT2D eigenvalue weighted by Gasteiger charge is 2.40. The molecule has 22 heteroatoms. The summed E-state index contributed by atoms with van der Waals surface area (Å²) in [6, 6.07) is -9.06. The molecule has 22 nitrogen and oxygen atoms in total. The predicted molar refractivity (Wildman–Crippen MR) is 204 cm³/mol. The largest absolute Gasteiger partial charge is 0.480 e. The van der Waals surface area contributed by atoms with Crippen LogP contribution < -0.4 is 49.5 Å². The van der Waals surface area contributed by atoms with Gasteiger partial charge in [-0.05, 0) is 64.0 Å². The van der Waals surface area contributed by atoms with E-state index >= 15 is 0 Å². The van der Waals surface area contributed by atoms with E-state index in [1.807, 2.05) is 0 Å². The van der Waals surface area contributed by atoms with Gasteiger partial charge < -0.3 is 69.6 Å². The molecule has 0 saturated carbocycles. The van der Waals surface area contributed by atoms with E-state index in [1.54, 1.807) is 13.8 Å². The van der Waals surface area contributed by atoms with Crippen molar-refractivity contribution < 1.29 is 48.6 Å². The lowest BCUT2D eigenvalue weighted by molar-refractivity contribution is -0.143. The van der Waals surface area contributed by atoms with Crippen LogP contribution in [0.4, 0.5) is 0 Å². The lowest BCUT2D eigenvalue weighted by Gasteiger charge is -2.30. The molecule has 0 aromatic carbocycles. The molecule has 0 bridgehead atoms.